The molecule has 0 aromatic carbocycles. The topological polar surface area (TPSA) is 162 Å². The van der Waals surface area contributed by atoms with Crippen LogP contribution in [-0.2, 0) is 19.1 Å². The number of carbonyl (C=O) groups is 3. The zero-order valence-electron chi connectivity index (χ0n) is 10.6. The van der Waals surface area contributed by atoms with Crippen molar-refractivity contribution in [3.8, 4) is 0 Å². The van der Waals surface area contributed by atoms with Crippen molar-refractivity contribution in [3.05, 3.63) is 0 Å². The fourth-order valence-electron chi connectivity index (χ4n) is 1.20. The molecule has 0 unspecified atom stereocenters. The van der Waals surface area contributed by atoms with Crippen molar-refractivity contribution in [3.63, 3.8) is 0 Å². The van der Waals surface area contributed by atoms with Crippen LogP contribution in [0.2, 0.25) is 0 Å². The van der Waals surface area contributed by atoms with Gasteiger partial charge in [0, 0.05) is 12.8 Å². The number of aliphatic carboxylic acids is 1. The van der Waals surface area contributed by atoms with Crippen LogP contribution in [0.25, 0.3) is 0 Å². The predicted molar refractivity (Wildman–Crippen MR) is 62.6 cm³/mol. The number of hydrogen-bond donors (Lipinski definition) is 5. The Morgan fingerprint density at radius 1 is 1.05 bits per heavy atom. The fourth-order valence-corrected chi connectivity index (χ4v) is 1.20. The van der Waals surface area contributed by atoms with Gasteiger partial charge < -0.3 is 30.3 Å². The number of aliphatic hydroxyl groups excluding tert-OH is 4. The molecule has 3 atom stereocenters. The van der Waals surface area contributed by atoms with Gasteiger partial charge in [0.25, 0.3) is 0 Å². The third-order valence-corrected chi connectivity index (χ3v) is 2.38. The molecule has 0 saturated heterocycles. The van der Waals surface area contributed by atoms with Crippen LogP contribution in [0.1, 0.15) is 19.3 Å². The van der Waals surface area contributed by atoms with Crippen LogP contribution < -0.4 is 0 Å². The quantitative estimate of drug-likeness (QED) is 0.272. The zero-order chi connectivity index (χ0) is 15.7. The number of carboxylic acids is 1. The fraction of sp³-hybridized carbons (Fsp3) is 0.727. The second kappa shape index (κ2) is 9.37. The summed E-state index contributed by atoms with van der Waals surface area (Å²) in [5, 5.41) is 44.4. The van der Waals surface area contributed by atoms with Gasteiger partial charge in [-0.25, -0.2) is 0 Å². The minimum absolute atomic E-state index is 0.0523. The molecule has 20 heavy (non-hydrogen) atoms. The smallest absolute Gasteiger partial charge is 0.306 e. The van der Waals surface area contributed by atoms with Gasteiger partial charge in [-0.1, -0.05) is 0 Å². The van der Waals surface area contributed by atoms with Gasteiger partial charge in [-0.05, 0) is 6.42 Å². The number of ether oxygens (including phenoxy) is 1. The molecule has 0 bridgehead atoms. The van der Waals surface area contributed by atoms with E-state index in [2.05, 4.69) is 4.74 Å². The van der Waals surface area contributed by atoms with Gasteiger partial charge >= 0.3 is 11.9 Å². The summed E-state index contributed by atoms with van der Waals surface area (Å²) in [4.78, 5) is 32.6. The first-order valence-electron chi connectivity index (χ1n) is 5.84. The van der Waals surface area contributed by atoms with Crippen molar-refractivity contribution in [1.29, 1.82) is 0 Å². The van der Waals surface area contributed by atoms with Crippen LogP contribution in [0.5, 0.6) is 0 Å². The maximum absolute atomic E-state index is 11.3. The van der Waals surface area contributed by atoms with E-state index in [1.165, 1.54) is 0 Å². The molecule has 0 saturated carbocycles. The van der Waals surface area contributed by atoms with E-state index in [0.717, 1.165) is 0 Å². The average Bonchev–Trinajstić information content (AvgIpc) is 2.41. The summed E-state index contributed by atoms with van der Waals surface area (Å²) in [5.41, 5.74) is 0. The Morgan fingerprint density at radius 3 is 2.15 bits per heavy atom. The molecule has 0 aliphatic heterocycles. The Labute approximate surface area is 114 Å². The van der Waals surface area contributed by atoms with E-state index in [0.29, 0.717) is 0 Å². The van der Waals surface area contributed by atoms with E-state index in [1.807, 2.05) is 0 Å². The Bertz CT molecular complexity index is 341. The number of aliphatic hydroxyl groups is 4. The molecule has 0 fully saturated rings. The summed E-state index contributed by atoms with van der Waals surface area (Å²) < 4.78 is 4.47. The molecule has 0 aliphatic rings. The molecule has 9 nitrogen and oxygen atoms in total. The first-order chi connectivity index (χ1) is 9.29. The molecule has 0 aromatic rings. The van der Waals surface area contributed by atoms with Gasteiger partial charge in [0.15, 0.2) is 6.61 Å². The Kier molecular flexibility index (Phi) is 8.64. The third kappa shape index (κ3) is 7.14. The van der Waals surface area contributed by atoms with Crippen molar-refractivity contribution in [2.24, 2.45) is 0 Å². The molecular formula is C11H18O9. The molecule has 5 N–H and O–H groups in total. The van der Waals surface area contributed by atoms with Crippen molar-refractivity contribution in [1.82, 2.24) is 0 Å². The molecular weight excluding hydrogens is 276 g/mol. The molecule has 0 amide bonds. The number of rotatable bonds is 10. The minimum atomic E-state index is -2.00. The lowest BCUT2D eigenvalue weighted by Crippen LogP contribution is -2.45. The van der Waals surface area contributed by atoms with Crippen LogP contribution >= 0.6 is 0 Å². The molecule has 9 heteroatoms. The van der Waals surface area contributed by atoms with Gasteiger partial charge in [-0.3, -0.25) is 14.4 Å². The van der Waals surface area contributed by atoms with Crippen LogP contribution in [0.3, 0.4) is 0 Å². The second-order valence-corrected chi connectivity index (χ2v) is 4.06. The molecule has 0 heterocycles. The number of hydrogen-bond acceptors (Lipinski definition) is 8. The van der Waals surface area contributed by atoms with E-state index in [9.17, 15) is 24.6 Å². The van der Waals surface area contributed by atoms with Crippen LogP contribution in [0.15, 0.2) is 0 Å². The summed E-state index contributed by atoms with van der Waals surface area (Å²) in [6.07, 6.45) is -5.94. The lowest BCUT2D eigenvalue weighted by Gasteiger charge is -2.20. The number of ketones is 1. The molecule has 0 rings (SSSR count). The average molecular weight is 294 g/mol. The summed E-state index contributed by atoms with van der Waals surface area (Å²) in [6, 6.07) is 0. The van der Waals surface area contributed by atoms with E-state index in [4.69, 9.17) is 15.3 Å². The lowest BCUT2D eigenvalue weighted by atomic mass is 10.1. The maximum Gasteiger partial charge on any atom is 0.306 e. The number of carboxylic acid groups (broad SMARTS) is 1. The van der Waals surface area contributed by atoms with E-state index in [1.54, 1.807) is 0 Å². The van der Waals surface area contributed by atoms with E-state index >= 15 is 0 Å². The normalized spacial score (nSPS) is 15.2. The van der Waals surface area contributed by atoms with Crippen LogP contribution in [0, 0.1) is 0 Å². The van der Waals surface area contributed by atoms with Gasteiger partial charge in [-0.15, -0.1) is 0 Å². The summed E-state index contributed by atoms with van der Waals surface area (Å²) in [5.74, 6) is -2.93. The highest BCUT2D eigenvalue weighted by Gasteiger charge is 2.30. The van der Waals surface area contributed by atoms with E-state index < -0.39 is 49.2 Å². The summed E-state index contributed by atoms with van der Waals surface area (Å²) >= 11 is 0. The van der Waals surface area contributed by atoms with Crippen molar-refractivity contribution < 1.29 is 44.7 Å². The van der Waals surface area contributed by atoms with Gasteiger partial charge in [0.2, 0.25) is 5.78 Å². The summed E-state index contributed by atoms with van der Waals surface area (Å²) in [7, 11) is 0. The molecule has 0 aromatic heterocycles. The number of carbonyl (C=O) groups excluding carboxylic acids is 2. The molecule has 0 spiro atoms. The van der Waals surface area contributed by atoms with Gasteiger partial charge in [0.05, 0.1) is 6.61 Å². The van der Waals surface area contributed by atoms with Gasteiger partial charge in [0.1, 0.15) is 18.3 Å². The standard InChI is InChI=1S/C11H18O9/c12-4-6(13)10(18)11(19)7(14)5-20-9(17)3-1-2-8(15)16/h6,10-13,18-19H,1-5H2,(H,15,16)/t6-,10+,11+/m0/s1. The Morgan fingerprint density at radius 2 is 1.65 bits per heavy atom. The first kappa shape index (κ1) is 18.4. The van der Waals surface area contributed by atoms with Crippen LogP contribution in [-0.4, -0.2) is 74.8 Å². The monoisotopic (exact) mass is 294 g/mol. The zero-order valence-corrected chi connectivity index (χ0v) is 10.6. The van der Waals surface area contributed by atoms with Gasteiger partial charge in [-0.2, -0.15) is 0 Å². The highest BCUT2D eigenvalue weighted by Crippen LogP contribution is 2.03. The predicted octanol–water partition coefficient (Wildman–Crippen LogP) is -2.57. The highest BCUT2D eigenvalue weighted by atomic mass is 16.5. The molecule has 116 valence electrons. The van der Waals surface area contributed by atoms with Crippen LogP contribution in [0.4, 0.5) is 0 Å². The Balaban J connectivity index is 4.02. The lowest BCUT2D eigenvalue weighted by molar-refractivity contribution is -0.155. The largest absolute Gasteiger partial charge is 0.481 e. The number of Topliss-reactive ketones (excluding diaryl/α,β-unsaturated/α-hetero) is 1. The number of esters is 1. The molecule has 0 radical (unpaired) electrons. The minimum Gasteiger partial charge on any atom is -0.481 e. The third-order valence-electron chi connectivity index (χ3n) is 2.38. The first-order valence-corrected chi connectivity index (χ1v) is 5.84. The van der Waals surface area contributed by atoms with Crippen molar-refractivity contribution >= 4 is 17.7 Å². The van der Waals surface area contributed by atoms with E-state index in [-0.39, 0.29) is 19.3 Å². The SMILES string of the molecule is O=C(O)CCCC(=O)OCC(=O)[C@@H](O)[C@H](O)[C@@H](O)CO. The molecule has 0 aliphatic carbocycles. The summed E-state index contributed by atoms with van der Waals surface area (Å²) in [6.45, 7) is -1.66. The second-order valence-electron chi connectivity index (χ2n) is 4.06. The highest BCUT2D eigenvalue weighted by molar-refractivity contribution is 5.86. The van der Waals surface area contributed by atoms with Crippen molar-refractivity contribution in [2.75, 3.05) is 13.2 Å². The van der Waals surface area contributed by atoms with Crippen molar-refractivity contribution in [2.45, 2.75) is 37.6 Å². The Hall–Kier alpha value is -1.55. The maximum atomic E-state index is 11.3.